The van der Waals surface area contributed by atoms with Gasteiger partial charge in [-0.1, -0.05) is 42.5 Å². The predicted molar refractivity (Wildman–Crippen MR) is 105 cm³/mol. The van der Waals surface area contributed by atoms with Gasteiger partial charge in [0.2, 0.25) is 0 Å². The van der Waals surface area contributed by atoms with Gasteiger partial charge in [0.1, 0.15) is 23.5 Å². The number of phenols is 1. The quantitative estimate of drug-likeness (QED) is 0.508. The Labute approximate surface area is 156 Å². The Morgan fingerprint density at radius 1 is 1.00 bits per heavy atom. The number of hydrogen-bond acceptors (Lipinski definition) is 5. The number of nitrogen functional groups attached to an aromatic ring is 1. The second-order valence-electron chi connectivity index (χ2n) is 6.48. The maximum absolute atomic E-state index is 10.1. The summed E-state index contributed by atoms with van der Waals surface area (Å²) in [7, 11) is 0. The molecule has 0 unspecified atom stereocenters. The predicted octanol–water partition coefficient (Wildman–Crippen LogP) is 3.16. The molecular weight excluding hydrogens is 340 g/mol. The van der Waals surface area contributed by atoms with Crippen LogP contribution in [-0.4, -0.2) is 31.4 Å². The third-order valence-electron chi connectivity index (χ3n) is 4.74. The minimum atomic E-state index is -0.219. The molecule has 2 heterocycles. The summed E-state index contributed by atoms with van der Waals surface area (Å²) < 4.78 is 1.96. The number of aliphatic hydroxyl groups is 1. The Kier molecular flexibility index (Phi) is 4.48. The van der Waals surface area contributed by atoms with Gasteiger partial charge in [-0.25, -0.2) is 9.97 Å². The fourth-order valence-electron chi connectivity index (χ4n) is 3.38. The molecule has 0 spiro atoms. The first-order valence-electron chi connectivity index (χ1n) is 8.72. The summed E-state index contributed by atoms with van der Waals surface area (Å²) in [6, 6.07) is 16.7. The van der Waals surface area contributed by atoms with Gasteiger partial charge in [-0.15, -0.1) is 0 Å². The van der Waals surface area contributed by atoms with Gasteiger partial charge in [0.05, 0.1) is 18.0 Å². The van der Waals surface area contributed by atoms with Gasteiger partial charge >= 0.3 is 0 Å². The minimum Gasteiger partial charge on any atom is -0.508 e. The van der Waals surface area contributed by atoms with E-state index in [9.17, 15) is 10.2 Å². The van der Waals surface area contributed by atoms with Gasteiger partial charge in [0, 0.05) is 11.8 Å². The van der Waals surface area contributed by atoms with Crippen LogP contribution in [0, 0.1) is 0 Å². The van der Waals surface area contributed by atoms with E-state index >= 15 is 0 Å². The van der Waals surface area contributed by atoms with Crippen molar-refractivity contribution in [3.05, 3.63) is 72.7 Å². The second kappa shape index (κ2) is 7.09. The molecule has 2 aromatic heterocycles. The van der Waals surface area contributed by atoms with E-state index in [1.165, 1.54) is 6.33 Å². The Balaban J connectivity index is 1.83. The van der Waals surface area contributed by atoms with Gasteiger partial charge < -0.3 is 20.5 Å². The van der Waals surface area contributed by atoms with E-state index < -0.39 is 0 Å². The van der Waals surface area contributed by atoms with Crippen LogP contribution in [0.1, 0.15) is 11.6 Å². The highest BCUT2D eigenvalue weighted by Gasteiger charge is 2.20. The molecule has 136 valence electrons. The summed E-state index contributed by atoms with van der Waals surface area (Å²) in [6.07, 6.45) is 4.02. The average Bonchev–Trinajstić information content (AvgIpc) is 3.09. The molecule has 4 N–H and O–H groups in total. The number of rotatable bonds is 5. The van der Waals surface area contributed by atoms with Crippen LogP contribution in [0.3, 0.4) is 0 Å². The smallest absolute Gasteiger partial charge is 0.146 e. The number of anilines is 1. The maximum atomic E-state index is 10.1. The number of aromatic hydroxyl groups is 1. The van der Waals surface area contributed by atoms with Crippen LogP contribution in [0.25, 0.3) is 22.2 Å². The van der Waals surface area contributed by atoms with Crippen molar-refractivity contribution in [2.24, 2.45) is 0 Å². The topological polar surface area (TPSA) is 97.2 Å². The van der Waals surface area contributed by atoms with E-state index in [0.717, 1.165) is 22.1 Å². The van der Waals surface area contributed by atoms with E-state index in [-0.39, 0.29) is 18.4 Å². The molecule has 0 fully saturated rings. The average molecular weight is 360 g/mol. The van der Waals surface area contributed by atoms with Crippen molar-refractivity contribution in [1.82, 2.24) is 14.5 Å². The van der Waals surface area contributed by atoms with Gasteiger partial charge in [-0.2, -0.15) is 0 Å². The number of aliphatic hydroxyl groups excluding tert-OH is 1. The van der Waals surface area contributed by atoms with E-state index in [2.05, 4.69) is 9.97 Å². The largest absolute Gasteiger partial charge is 0.508 e. The summed E-state index contributed by atoms with van der Waals surface area (Å²) >= 11 is 0. The highest BCUT2D eigenvalue weighted by molar-refractivity contribution is 6.00. The third-order valence-corrected chi connectivity index (χ3v) is 4.74. The molecular formula is C21H20N4O2. The van der Waals surface area contributed by atoms with Crippen molar-refractivity contribution in [2.45, 2.75) is 12.5 Å². The molecule has 0 saturated heterocycles. The Morgan fingerprint density at radius 3 is 2.44 bits per heavy atom. The highest BCUT2D eigenvalue weighted by atomic mass is 16.3. The van der Waals surface area contributed by atoms with Crippen molar-refractivity contribution in [3.63, 3.8) is 0 Å². The molecule has 0 bridgehead atoms. The molecule has 6 nitrogen and oxygen atoms in total. The van der Waals surface area contributed by atoms with Crippen LogP contribution >= 0.6 is 0 Å². The molecule has 2 aromatic carbocycles. The van der Waals surface area contributed by atoms with E-state index in [1.807, 2.05) is 53.2 Å². The first-order valence-corrected chi connectivity index (χ1v) is 8.72. The number of benzene rings is 2. The zero-order valence-electron chi connectivity index (χ0n) is 14.7. The van der Waals surface area contributed by atoms with Crippen LogP contribution in [-0.2, 0) is 6.42 Å². The Morgan fingerprint density at radius 2 is 1.74 bits per heavy atom. The van der Waals surface area contributed by atoms with Gasteiger partial charge in [-0.05, 0) is 29.7 Å². The molecule has 0 aliphatic carbocycles. The van der Waals surface area contributed by atoms with Crippen LogP contribution in [0.5, 0.6) is 5.75 Å². The number of aromatic nitrogens is 3. The van der Waals surface area contributed by atoms with Crippen LogP contribution in [0.2, 0.25) is 0 Å². The summed E-state index contributed by atoms with van der Waals surface area (Å²) in [4.78, 5) is 8.58. The number of nitrogens with zero attached hydrogens (tertiary/aromatic N) is 3. The first-order chi connectivity index (χ1) is 13.2. The summed E-state index contributed by atoms with van der Waals surface area (Å²) in [5.41, 5.74) is 9.82. The van der Waals surface area contributed by atoms with Crippen molar-refractivity contribution in [3.8, 4) is 16.9 Å². The monoisotopic (exact) mass is 360 g/mol. The molecule has 27 heavy (non-hydrogen) atoms. The first kappa shape index (κ1) is 17.1. The highest BCUT2D eigenvalue weighted by Crippen LogP contribution is 2.34. The fourth-order valence-corrected chi connectivity index (χ4v) is 3.38. The molecule has 0 radical (unpaired) electrons. The molecule has 4 rings (SSSR count). The molecule has 4 aromatic rings. The second-order valence-corrected chi connectivity index (χ2v) is 6.48. The van der Waals surface area contributed by atoms with E-state index in [4.69, 9.17) is 5.73 Å². The maximum Gasteiger partial charge on any atom is 0.146 e. The third kappa shape index (κ3) is 3.22. The summed E-state index contributed by atoms with van der Waals surface area (Å²) in [6.45, 7) is -0.0528. The lowest BCUT2D eigenvalue weighted by atomic mass is 10.1. The van der Waals surface area contributed by atoms with Crippen molar-refractivity contribution >= 4 is 16.9 Å². The molecule has 0 amide bonds. The lowest BCUT2D eigenvalue weighted by Gasteiger charge is -2.17. The summed E-state index contributed by atoms with van der Waals surface area (Å²) in [5.74, 6) is 0.636. The van der Waals surface area contributed by atoms with Crippen LogP contribution < -0.4 is 5.73 Å². The van der Waals surface area contributed by atoms with Gasteiger partial charge in [-0.3, -0.25) is 0 Å². The van der Waals surface area contributed by atoms with Gasteiger partial charge in [0.25, 0.3) is 0 Å². The number of hydrogen-bond donors (Lipinski definition) is 3. The number of phenolic OH excluding ortho intramolecular Hbond substituents is 1. The molecule has 0 saturated carbocycles. The number of nitrogens with two attached hydrogens (primary N) is 1. The zero-order valence-corrected chi connectivity index (χ0v) is 14.7. The normalized spacial score (nSPS) is 12.3. The number of fused-ring (bicyclic) bond motifs is 1. The van der Waals surface area contributed by atoms with Crippen molar-refractivity contribution in [1.29, 1.82) is 0 Å². The van der Waals surface area contributed by atoms with Crippen LogP contribution in [0.15, 0.2) is 67.1 Å². The standard InChI is InChI=1S/C21H20N4O2/c22-20-19-18(15-4-2-1-3-5-15)11-25(21(19)24-13-23-20)16(12-26)10-14-6-8-17(27)9-7-14/h1-9,11,13,16,26-27H,10,12H2,(H2,22,23,24)/t16-/m0/s1. The minimum absolute atomic E-state index is 0.0528. The molecule has 0 aliphatic heterocycles. The van der Waals surface area contributed by atoms with Gasteiger partial charge in [0.15, 0.2) is 0 Å². The Bertz CT molecular complexity index is 1060. The zero-order chi connectivity index (χ0) is 18.8. The fraction of sp³-hybridized carbons (Fsp3) is 0.143. The van der Waals surface area contributed by atoms with Crippen molar-refractivity contribution < 1.29 is 10.2 Å². The lowest BCUT2D eigenvalue weighted by molar-refractivity contribution is 0.230. The SMILES string of the molecule is Nc1ncnc2c1c(-c1ccccc1)cn2[C@H](CO)Cc1ccc(O)cc1. The van der Waals surface area contributed by atoms with E-state index in [0.29, 0.717) is 17.9 Å². The molecule has 0 aliphatic rings. The van der Waals surface area contributed by atoms with E-state index in [1.54, 1.807) is 12.1 Å². The van der Waals surface area contributed by atoms with Crippen LogP contribution in [0.4, 0.5) is 5.82 Å². The molecule has 6 heteroatoms. The summed E-state index contributed by atoms with van der Waals surface area (Å²) in [5, 5.41) is 20.3. The Hall–Kier alpha value is -3.38. The lowest BCUT2D eigenvalue weighted by Crippen LogP contribution is -2.15. The molecule has 1 atom stereocenters. The van der Waals surface area contributed by atoms with Crippen molar-refractivity contribution in [2.75, 3.05) is 12.3 Å².